The summed E-state index contributed by atoms with van der Waals surface area (Å²) in [5.41, 5.74) is 0.756. The lowest BCUT2D eigenvalue weighted by Gasteiger charge is -2.04. The topological polar surface area (TPSA) is 25.8 Å². The molecule has 0 radical (unpaired) electrons. The first-order valence-corrected chi connectivity index (χ1v) is 6.22. The average molecular weight is 336 g/mol. The van der Waals surface area contributed by atoms with Gasteiger partial charge in [0.25, 0.3) is 0 Å². The van der Waals surface area contributed by atoms with Gasteiger partial charge in [0.15, 0.2) is 0 Å². The first kappa shape index (κ1) is 12.7. The molecule has 0 bridgehead atoms. The molecule has 0 saturated heterocycles. The Morgan fingerprint density at radius 1 is 1.29 bits per heavy atom. The van der Waals surface area contributed by atoms with Gasteiger partial charge in [-0.3, -0.25) is 0 Å². The van der Waals surface area contributed by atoms with Gasteiger partial charge in [-0.2, -0.15) is 0 Å². The van der Waals surface area contributed by atoms with Gasteiger partial charge in [0.05, 0.1) is 4.47 Å². The van der Waals surface area contributed by atoms with Crippen molar-refractivity contribution in [1.82, 2.24) is 9.97 Å². The highest BCUT2D eigenvalue weighted by Crippen LogP contribution is 2.22. The van der Waals surface area contributed by atoms with Crippen molar-refractivity contribution in [1.29, 1.82) is 0 Å². The van der Waals surface area contributed by atoms with E-state index < -0.39 is 0 Å². The molecule has 0 atom stereocenters. The molecule has 0 saturated carbocycles. The van der Waals surface area contributed by atoms with E-state index in [2.05, 4.69) is 25.9 Å². The van der Waals surface area contributed by atoms with Crippen LogP contribution in [0.3, 0.4) is 0 Å². The van der Waals surface area contributed by atoms with Gasteiger partial charge in [-0.15, -0.1) is 0 Å². The van der Waals surface area contributed by atoms with Crippen LogP contribution in [0.5, 0.6) is 0 Å². The first-order chi connectivity index (χ1) is 8.06. The zero-order valence-electron chi connectivity index (χ0n) is 8.42. The van der Waals surface area contributed by atoms with Crippen LogP contribution in [0.2, 0.25) is 10.2 Å². The Kier molecular flexibility index (Phi) is 3.97. The van der Waals surface area contributed by atoms with E-state index in [4.69, 9.17) is 23.2 Å². The van der Waals surface area contributed by atoms with Crippen molar-refractivity contribution in [2.45, 2.75) is 6.42 Å². The van der Waals surface area contributed by atoms with Crippen LogP contribution in [-0.2, 0) is 6.42 Å². The van der Waals surface area contributed by atoms with Crippen LogP contribution in [0.1, 0.15) is 11.4 Å². The summed E-state index contributed by atoms with van der Waals surface area (Å²) in [6, 6.07) is 4.22. The largest absolute Gasteiger partial charge is 0.240 e. The smallest absolute Gasteiger partial charge is 0.146 e. The van der Waals surface area contributed by atoms with Gasteiger partial charge in [-0.1, -0.05) is 29.3 Å². The molecule has 6 heteroatoms. The van der Waals surface area contributed by atoms with Crippen molar-refractivity contribution < 1.29 is 4.39 Å². The summed E-state index contributed by atoms with van der Waals surface area (Å²) in [6.45, 7) is 0. The highest BCUT2D eigenvalue weighted by molar-refractivity contribution is 9.10. The van der Waals surface area contributed by atoms with Crippen molar-refractivity contribution in [3.05, 3.63) is 56.2 Å². The zero-order chi connectivity index (χ0) is 12.4. The molecule has 1 aromatic carbocycles. The summed E-state index contributed by atoms with van der Waals surface area (Å²) >= 11 is 15.0. The molecule has 2 rings (SSSR count). The maximum atomic E-state index is 12.9. The van der Waals surface area contributed by atoms with Gasteiger partial charge in [0, 0.05) is 17.6 Å². The molecule has 0 aliphatic rings. The predicted octanol–water partition coefficient (Wildman–Crippen LogP) is 4.28. The number of hydrogen-bond donors (Lipinski definition) is 0. The molecule has 0 aliphatic heterocycles. The normalized spacial score (nSPS) is 10.6. The third kappa shape index (κ3) is 3.15. The molecule has 1 heterocycles. The quantitative estimate of drug-likeness (QED) is 0.766. The second-order valence-electron chi connectivity index (χ2n) is 3.34. The van der Waals surface area contributed by atoms with Crippen LogP contribution < -0.4 is 0 Å². The average Bonchev–Trinajstić information content (AvgIpc) is 2.27. The van der Waals surface area contributed by atoms with Crippen molar-refractivity contribution in [3.63, 3.8) is 0 Å². The number of benzene rings is 1. The molecule has 0 unspecified atom stereocenters. The van der Waals surface area contributed by atoms with Gasteiger partial charge in [0.1, 0.15) is 16.8 Å². The molecule has 2 nitrogen and oxygen atoms in total. The molecule has 0 spiro atoms. The highest BCUT2D eigenvalue weighted by atomic mass is 79.9. The van der Waals surface area contributed by atoms with Crippen LogP contribution in [0.4, 0.5) is 4.39 Å². The monoisotopic (exact) mass is 334 g/mol. The minimum Gasteiger partial charge on any atom is -0.240 e. The maximum Gasteiger partial charge on any atom is 0.146 e. The van der Waals surface area contributed by atoms with Crippen molar-refractivity contribution in [3.8, 4) is 0 Å². The standard InChI is InChI=1S/C11H6BrCl2FN2/c12-8-5-16-10(17-11(8)14)3-6-1-2-7(15)4-9(6)13/h1-2,4-5H,3H2. The molecular formula is C11H6BrCl2FN2. The van der Waals surface area contributed by atoms with Crippen molar-refractivity contribution in [2.75, 3.05) is 0 Å². The Morgan fingerprint density at radius 2 is 2.06 bits per heavy atom. The third-order valence-electron chi connectivity index (χ3n) is 2.11. The van der Waals surface area contributed by atoms with Gasteiger partial charge >= 0.3 is 0 Å². The predicted molar refractivity (Wildman–Crippen MR) is 69.0 cm³/mol. The summed E-state index contributed by atoms with van der Waals surface area (Å²) in [6.07, 6.45) is 1.98. The molecule has 0 N–H and O–H groups in total. The van der Waals surface area contributed by atoms with E-state index in [1.165, 1.54) is 12.1 Å². The Labute approximate surface area is 116 Å². The summed E-state index contributed by atoms with van der Waals surface area (Å²) < 4.78 is 13.5. The first-order valence-electron chi connectivity index (χ1n) is 4.67. The number of hydrogen-bond acceptors (Lipinski definition) is 2. The number of aromatic nitrogens is 2. The van der Waals surface area contributed by atoms with E-state index in [9.17, 15) is 4.39 Å². The molecular weight excluding hydrogens is 330 g/mol. The minimum absolute atomic E-state index is 0.341. The van der Waals surface area contributed by atoms with E-state index in [1.54, 1.807) is 12.3 Å². The fourth-order valence-corrected chi connectivity index (χ4v) is 1.87. The summed E-state index contributed by atoms with van der Waals surface area (Å²) in [7, 11) is 0. The molecule has 0 fully saturated rings. The second kappa shape index (κ2) is 5.29. The van der Waals surface area contributed by atoms with Crippen LogP contribution in [-0.4, -0.2) is 9.97 Å². The summed E-state index contributed by atoms with van der Waals surface area (Å²) in [4.78, 5) is 8.19. The number of rotatable bonds is 2. The number of halogens is 4. The minimum atomic E-state index is -0.367. The number of nitrogens with zero attached hydrogens (tertiary/aromatic N) is 2. The van der Waals surface area contributed by atoms with E-state index in [1.807, 2.05) is 0 Å². The molecule has 2 aromatic rings. The van der Waals surface area contributed by atoms with Crippen LogP contribution in [0.15, 0.2) is 28.9 Å². The van der Waals surface area contributed by atoms with Crippen molar-refractivity contribution in [2.24, 2.45) is 0 Å². The second-order valence-corrected chi connectivity index (χ2v) is 4.96. The van der Waals surface area contributed by atoms with Gasteiger partial charge in [-0.25, -0.2) is 14.4 Å². The fourth-order valence-electron chi connectivity index (χ4n) is 1.30. The third-order valence-corrected chi connectivity index (χ3v) is 3.56. The van der Waals surface area contributed by atoms with E-state index in [-0.39, 0.29) is 5.82 Å². The van der Waals surface area contributed by atoms with Crippen LogP contribution >= 0.6 is 39.1 Å². The molecule has 17 heavy (non-hydrogen) atoms. The Hall–Kier alpha value is -0.710. The van der Waals surface area contributed by atoms with Crippen molar-refractivity contribution >= 4 is 39.1 Å². The van der Waals surface area contributed by atoms with E-state index in [0.29, 0.717) is 26.9 Å². The van der Waals surface area contributed by atoms with Gasteiger partial charge < -0.3 is 0 Å². The Balaban J connectivity index is 2.28. The maximum absolute atomic E-state index is 12.9. The van der Waals surface area contributed by atoms with Crippen LogP contribution in [0.25, 0.3) is 0 Å². The molecule has 88 valence electrons. The fraction of sp³-hybridized carbons (Fsp3) is 0.0909. The van der Waals surface area contributed by atoms with Gasteiger partial charge in [-0.05, 0) is 33.6 Å². The molecule has 1 aromatic heterocycles. The zero-order valence-corrected chi connectivity index (χ0v) is 11.5. The lowest BCUT2D eigenvalue weighted by molar-refractivity contribution is 0.627. The highest BCUT2D eigenvalue weighted by Gasteiger charge is 2.07. The lowest BCUT2D eigenvalue weighted by Crippen LogP contribution is -1.97. The lowest BCUT2D eigenvalue weighted by atomic mass is 10.1. The molecule has 0 aliphatic carbocycles. The summed E-state index contributed by atoms with van der Waals surface area (Å²) in [5, 5.41) is 0.695. The van der Waals surface area contributed by atoms with E-state index >= 15 is 0 Å². The Morgan fingerprint density at radius 3 is 2.71 bits per heavy atom. The van der Waals surface area contributed by atoms with Gasteiger partial charge in [0.2, 0.25) is 0 Å². The molecule has 0 amide bonds. The SMILES string of the molecule is Fc1ccc(Cc2ncc(Br)c(Cl)n2)c(Cl)c1. The summed E-state index contributed by atoms with van der Waals surface area (Å²) in [5.74, 6) is 0.167. The van der Waals surface area contributed by atoms with E-state index in [0.717, 1.165) is 5.56 Å². The van der Waals surface area contributed by atoms with Crippen LogP contribution in [0, 0.1) is 5.82 Å². The Bertz CT molecular complexity index is 563.